The van der Waals surface area contributed by atoms with Crippen molar-refractivity contribution in [3.05, 3.63) is 48.5 Å². The molecule has 0 atom stereocenters. The average Bonchev–Trinajstić information content (AvgIpc) is 3.23. The van der Waals surface area contributed by atoms with Crippen molar-refractivity contribution >= 4 is 46.0 Å². The molecule has 6 nitrogen and oxygen atoms in total. The van der Waals surface area contributed by atoms with Gasteiger partial charge in [0.05, 0.1) is 35.6 Å². The van der Waals surface area contributed by atoms with Crippen molar-refractivity contribution in [2.45, 2.75) is 77.0 Å². The molecule has 0 unspecified atom stereocenters. The molecule has 0 saturated heterocycles. The van der Waals surface area contributed by atoms with Gasteiger partial charge < -0.3 is 0 Å². The Balaban J connectivity index is 0.963. The van der Waals surface area contributed by atoms with Crippen LogP contribution in [0.5, 0.6) is 0 Å². The first-order chi connectivity index (χ1) is 22.0. The van der Waals surface area contributed by atoms with E-state index in [1.807, 2.05) is 46.2 Å². The minimum Gasteiger partial charge on any atom is -0.291 e. The summed E-state index contributed by atoms with van der Waals surface area (Å²) < 4.78 is 0. The summed E-state index contributed by atoms with van der Waals surface area (Å²) in [6.45, 7) is 0.195. The second-order valence-electron chi connectivity index (χ2n) is 16.2. The Hall–Kier alpha value is -3.28. The molecule has 0 aromatic heterocycles. The van der Waals surface area contributed by atoms with Crippen LogP contribution in [0.1, 0.15) is 77.0 Å². The largest absolute Gasteiger partial charge is 0.291 e. The minimum absolute atomic E-state index is 0.0595. The van der Waals surface area contributed by atoms with Crippen LogP contribution in [-0.2, 0) is 9.59 Å². The van der Waals surface area contributed by atoms with Gasteiger partial charge in [0.1, 0.15) is 6.67 Å². The summed E-state index contributed by atoms with van der Waals surface area (Å²) in [5, 5.41) is 0. The van der Waals surface area contributed by atoms with Gasteiger partial charge in [-0.2, -0.15) is 0 Å². The molecule has 0 N–H and O–H groups in total. The number of carbonyl (C=O) groups is 2. The molecule has 232 valence electrons. The summed E-state index contributed by atoms with van der Waals surface area (Å²) in [5.41, 5.74) is 5.57. The molecule has 10 aliphatic rings. The van der Waals surface area contributed by atoms with E-state index in [4.69, 9.17) is 9.98 Å². The molecule has 0 spiro atoms. The van der Waals surface area contributed by atoms with Crippen LogP contribution in [0.15, 0.2) is 58.5 Å². The molecule has 2 aliphatic heterocycles. The predicted octanol–water partition coefficient (Wildman–Crippen LogP) is 8.11. The fourth-order valence-electron chi connectivity index (χ4n) is 12.5. The number of aliphatic imine (C=N–C) groups is 2. The molecule has 2 aromatic rings. The van der Waals surface area contributed by atoms with Gasteiger partial charge in [-0.1, -0.05) is 24.3 Å². The van der Waals surface area contributed by atoms with Crippen LogP contribution >= 0.6 is 0 Å². The third kappa shape index (κ3) is 4.33. The molecule has 2 aromatic carbocycles. The lowest BCUT2D eigenvalue weighted by molar-refractivity contribution is -0.118. The quantitative estimate of drug-likeness (QED) is 0.356. The summed E-state index contributed by atoms with van der Waals surface area (Å²) in [6, 6.07) is 16.2. The van der Waals surface area contributed by atoms with Crippen LogP contribution in [0, 0.1) is 59.2 Å². The molecular weight excluding hydrogens is 556 g/mol. The lowest BCUT2D eigenvalue weighted by Gasteiger charge is -2.54. The number of hydrogen-bond acceptors (Lipinski definition) is 4. The van der Waals surface area contributed by atoms with Crippen molar-refractivity contribution in [3.8, 4) is 0 Å². The van der Waals surface area contributed by atoms with E-state index in [0.717, 1.165) is 57.8 Å². The number of anilines is 2. The first-order valence-electron chi connectivity index (χ1n) is 18.0. The Morgan fingerprint density at radius 3 is 1.24 bits per heavy atom. The molecule has 2 amide bonds. The van der Waals surface area contributed by atoms with E-state index < -0.39 is 0 Å². The number of rotatable bonds is 4. The molecule has 8 bridgehead atoms. The van der Waals surface area contributed by atoms with Crippen molar-refractivity contribution in [3.63, 3.8) is 0 Å². The van der Waals surface area contributed by atoms with Crippen molar-refractivity contribution in [1.29, 1.82) is 0 Å². The summed E-state index contributed by atoms with van der Waals surface area (Å²) in [7, 11) is 0. The van der Waals surface area contributed by atoms with Crippen molar-refractivity contribution in [1.82, 2.24) is 0 Å². The number of fused-ring (bicyclic) bond motifs is 2. The SMILES string of the molecule is O=C1CC(C2C3CC4CC(C3)CC2C4)=Nc2ccccc2N1CN1C(=O)CC(C2C3CC4CC(C3)CC2C4)=Nc2ccccc21. The van der Waals surface area contributed by atoms with E-state index in [0.29, 0.717) is 48.3 Å². The van der Waals surface area contributed by atoms with Crippen LogP contribution in [0.25, 0.3) is 0 Å². The second-order valence-corrected chi connectivity index (χ2v) is 16.2. The van der Waals surface area contributed by atoms with Crippen LogP contribution in [0.3, 0.4) is 0 Å². The number of para-hydroxylation sites is 4. The fourth-order valence-corrected chi connectivity index (χ4v) is 12.5. The zero-order valence-corrected chi connectivity index (χ0v) is 26.2. The monoisotopic (exact) mass is 600 g/mol. The van der Waals surface area contributed by atoms with Gasteiger partial charge in [-0.3, -0.25) is 29.4 Å². The number of amides is 2. The van der Waals surface area contributed by atoms with Gasteiger partial charge in [-0.25, -0.2) is 0 Å². The van der Waals surface area contributed by atoms with Crippen LogP contribution in [-0.4, -0.2) is 29.9 Å². The Bertz CT molecular complexity index is 1470. The van der Waals surface area contributed by atoms with E-state index in [1.54, 1.807) is 0 Å². The summed E-state index contributed by atoms with van der Waals surface area (Å²) in [4.78, 5) is 43.0. The lowest BCUT2D eigenvalue weighted by Crippen LogP contribution is -2.50. The molecule has 8 saturated carbocycles. The van der Waals surface area contributed by atoms with Crippen molar-refractivity contribution in [2.24, 2.45) is 69.2 Å². The third-order valence-corrected chi connectivity index (χ3v) is 13.6. The Morgan fingerprint density at radius 1 is 0.511 bits per heavy atom. The molecule has 8 fully saturated rings. The van der Waals surface area contributed by atoms with Gasteiger partial charge in [0, 0.05) is 23.3 Å². The van der Waals surface area contributed by atoms with Crippen LogP contribution < -0.4 is 9.80 Å². The van der Waals surface area contributed by atoms with Gasteiger partial charge in [-0.15, -0.1) is 0 Å². The first kappa shape index (κ1) is 26.9. The maximum Gasteiger partial charge on any atom is 0.234 e. The average molecular weight is 601 g/mol. The predicted molar refractivity (Wildman–Crippen MR) is 177 cm³/mol. The summed E-state index contributed by atoms with van der Waals surface area (Å²) >= 11 is 0. The van der Waals surface area contributed by atoms with E-state index in [-0.39, 0.29) is 18.5 Å². The Kier molecular flexibility index (Phi) is 6.04. The van der Waals surface area contributed by atoms with E-state index in [2.05, 4.69) is 12.1 Å². The minimum atomic E-state index is 0.0595. The summed E-state index contributed by atoms with van der Waals surface area (Å²) in [6.07, 6.45) is 14.0. The Morgan fingerprint density at radius 2 is 0.867 bits per heavy atom. The smallest absolute Gasteiger partial charge is 0.234 e. The molecule has 0 radical (unpaired) electrons. The number of benzene rings is 2. The molecule has 45 heavy (non-hydrogen) atoms. The highest BCUT2D eigenvalue weighted by molar-refractivity contribution is 6.15. The molecule has 12 rings (SSSR count). The topological polar surface area (TPSA) is 65.3 Å². The third-order valence-electron chi connectivity index (χ3n) is 13.6. The van der Waals surface area contributed by atoms with Gasteiger partial charge in [-0.05, 0) is 136 Å². The standard InChI is InChI=1S/C39H44N4O2/c44-36-19-32(38-26-11-22-9-23(13-26)14-27(38)12-22)40-30-5-1-3-7-34(30)42(36)21-43-35-8-4-2-6-31(35)41-33(20-37(43)45)39-28-15-24-10-25(17-28)18-29(39)16-24/h1-8,22-29,38-39H,9-21H2. The molecule has 2 heterocycles. The fraction of sp³-hybridized carbons (Fsp3) is 0.590. The number of carbonyl (C=O) groups excluding carboxylic acids is 2. The van der Waals surface area contributed by atoms with Crippen molar-refractivity contribution < 1.29 is 9.59 Å². The van der Waals surface area contributed by atoms with Gasteiger partial charge in [0.2, 0.25) is 11.8 Å². The number of hydrogen-bond donors (Lipinski definition) is 0. The maximum absolute atomic E-state index is 14.4. The molecule has 8 aliphatic carbocycles. The van der Waals surface area contributed by atoms with Gasteiger partial charge in [0.15, 0.2) is 0 Å². The van der Waals surface area contributed by atoms with Crippen molar-refractivity contribution in [2.75, 3.05) is 16.5 Å². The van der Waals surface area contributed by atoms with Crippen LogP contribution in [0.2, 0.25) is 0 Å². The highest BCUT2D eigenvalue weighted by Crippen LogP contribution is 2.59. The summed E-state index contributed by atoms with van der Waals surface area (Å²) in [5.74, 6) is 7.19. The lowest BCUT2D eigenvalue weighted by atomic mass is 9.51. The highest BCUT2D eigenvalue weighted by Gasteiger charge is 2.52. The maximum atomic E-state index is 14.4. The zero-order chi connectivity index (χ0) is 29.8. The Labute approximate surface area is 266 Å². The van der Waals surface area contributed by atoms with E-state index in [1.165, 1.54) is 64.2 Å². The molecular formula is C39H44N4O2. The molecule has 6 heteroatoms. The normalized spacial score (nSPS) is 39.3. The highest BCUT2D eigenvalue weighted by atomic mass is 16.2. The van der Waals surface area contributed by atoms with E-state index >= 15 is 0 Å². The van der Waals surface area contributed by atoms with Gasteiger partial charge >= 0.3 is 0 Å². The first-order valence-corrected chi connectivity index (χ1v) is 18.0. The van der Waals surface area contributed by atoms with Crippen LogP contribution in [0.4, 0.5) is 22.7 Å². The van der Waals surface area contributed by atoms with Gasteiger partial charge in [0.25, 0.3) is 0 Å². The zero-order valence-electron chi connectivity index (χ0n) is 26.2. The second kappa shape index (κ2) is 10.1. The number of nitrogens with zero attached hydrogens (tertiary/aromatic N) is 4. The van der Waals surface area contributed by atoms with E-state index in [9.17, 15) is 9.59 Å².